The number of rotatable bonds is 4. The van der Waals surface area contributed by atoms with E-state index in [0.29, 0.717) is 6.54 Å². The van der Waals surface area contributed by atoms with Gasteiger partial charge in [-0.05, 0) is 39.2 Å². The van der Waals surface area contributed by atoms with Crippen molar-refractivity contribution in [3.63, 3.8) is 0 Å². The van der Waals surface area contributed by atoms with Crippen LogP contribution in [0.3, 0.4) is 0 Å². The van der Waals surface area contributed by atoms with Crippen LogP contribution in [0.1, 0.15) is 11.1 Å². The molecule has 4 heteroatoms. The van der Waals surface area contributed by atoms with Crippen molar-refractivity contribution in [1.82, 2.24) is 0 Å². The fourth-order valence-electron chi connectivity index (χ4n) is 1.64. The maximum Gasteiger partial charge on any atom is 0.0920 e. The van der Waals surface area contributed by atoms with E-state index in [1.807, 2.05) is 0 Å². The van der Waals surface area contributed by atoms with Crippen LogP contribution in [-0.4, -0.2) is 7.05 Å². The second-order valence-electron chi connectivity index (χ2n) is 3.95. The number of anilines is 1. The van der Waals surface area contributed by atoms with E-state index in [0.717, 1.165) is 10.3 Å². The Morgan fingerprint density at radius 3 is 2.29 bits per heavy atom. The molecule has 0 saturated carbocycles. The molecule has 0 fully saturated rings. The number of thiophene rings is 1. The van der Waals surface area contributed by atoms with Crippen LogP contribution in [0.15, 0.2) is 40.2 Å². The lowest BCUT2D eigenvalue weighted by atomic mass is 10.1. The van der Waals surface area contributed by atoms with Crippen LogP contribution < -0.4 is 10.6 Å². The topological polar surface area (TPSA) is 29.3 Å². The maximum absolute atomic E-state index is 5.58. The van der Waals surface area contributed by atoms with Gasteiger partial charge in [-0.25, -0.2) is 0 Å². The van der Waals surface area contributed by atoms with Crippen molar-refractivity contribution in [1.29, 1.82) is 0 Å². The fraction of sp³-hybridized carbons (Fsp3) is 0.231. The third-order valence-electron chi connectivity index (χ3n) is 2.61. The molecule has 0 aliphatic carbocycles. The molecule has 0 aliphatic rings. The minimum atomic E-state index is 0.605. The van der Waals surface area contributed by atoms with Crippen molar-refractivity contribution in [3.05, 3.63) is 51.3 Å². The molecule has 17 heavy (non-hydrogen) atoms. The first-order valence-electron chi connectivity index (χ1n) is 5.43. The molecule has 0 radical (unpaired) electrons. The number of nitrogens with zero attached hydrogens (tertiary/aromatic N) is 1. The van der Waals surface area contributed by atoms with Crippen LogP contribution in [0, 0.1) is 0 Å². The highest BCUT2D eigenvalue weighted by Crippen LogP contribution is 2.29. The summed E-state index contributed by atoms with van der Waals surface area (Å²) < 4.78 is 1.16. The quantitative estimate of drug-likeness (QED) is 0.935. The Bertz CT molecular complexity index is 478. The Balaban J connectivity index is 2.04. The molecule has 1 aromatic heterocycles. The molecule has 90 valence electrons. The molecule has 0 bridgehead atoms. The SMILES string of the molecule is CN(Cc1ccc(CN)cc1)c1ccc(Br)s1. The minimum absolute atomic E-state index is 0.605. The molecular formula is C13H15BrN2S. The predicted octanol–water partition coefficient (Wildman–Crippen LogP) is 3.61. The fourth-order valence-corrected chi connectivity index (χ4v) is 2.96. The lowest BCUT2D eigenvalue weighted by Crippen LogP contribution is -2.14. The summed E-state index contributed by atoms with van der Waals surface area (Å²) in [6, 6.07) is 12.7. The molecule has 0 atom stereocenters. The Kier molecular flexibility index (Phi) is 4.20. The number of benzene rings is 1. The normalized spacial score (nSPS) is 10.5. The van der Waals surface area contributed by atoms with Gasteiger partial charge >= 0.3 is 0 Å². The lowest BCUT2D eigenvalue weighted by molar-refractivity contribution is 0.931. The zero-order chi connectivity index (χ0) is 12.3. The van der Waals surface area contributed by atoms with Crippen LogP contribution in [0.4, 0.5) is 5.00 Å². The van der Waals surface area contributed by atoms with E-state index in [-0.39, 0.29) is 0 Å². The molecule has 0 unspecified atom stereocenters. The largest absolute Gasteiger partial charge is 0.362 e. The minimum Gasteiger partial charge on any atom is -0.362 e. The van der Waals surface area contributed by atoms with Crippen molar-refractivity contribution in [2.75, 3.05) is 11.9 Å². The Morgan fingerprint density at radius 2 is 1.76 bits per heavy atom. The summed E-state index contributed by atoms with van der Waals surface area (Å²) in [5, 5.41) is 1.26. The number of hydrogen-bond donors (Lipinski definition) is 1. The van der Waals surface area contributed by atoms with Gasteiger partial charge in [0.1, 0.15) is 0 Å². The van der Waals surface area contributed by atoms with Crippen molar-refractivity contribution >= 4 is 32.3 Å². The van der Waals surface area contributed by atoms with Gasteiger partial charge in [0.05, 0.1) is 8.79 Å². The van der Waals surface area contributed by atoms with Gasteiger partial charge in [-0.1, -0.05) is 24.3 Å². The van der Waals surface area contributed by atoms with Crippen LogP contribution in [0.2, 0.25) is 0 Å². The van der Waals surface area contributed by atoms with Crippen molar-refractivity contribution < 1.29 is 0 Å². The smallest absolute Gasteiger partial charge is 0.0920 e. The van der Waals surface area contributed by atoms with E-state index in [9.17, 15) is 0 Å². The van der Waals surface area contributed by atoms with Gasteiger partial charge < -0.3 is 10.6 Å². The lowest BCUT2D eigenvalue weighted by Gasteiger charge is -2.17. The zero-order valence-corrected chi connectivity index (χ0v) is 12.1. The van der Waals surface area contributed by atoms with Gasteiger partial charge in [0.2, 0.25) is 0 Å². The third kappa shape index (κ3) is 3.31. The second-order valence-corrected chi connectivity index (χ2v) is 6.40. The first-order valence-corrected chi connectivity index (χ1v) is 7.04. The summed E-state index contributed by atoms with van der Waals surface area (Å²) in [5.41, 5.74) is 8.06. The van der Waals surface area contributed by atoms with Crippen LogP contribution >= 0.6 is 27.3 Å². The van der Waals surface area contributed by atoms with E-state index in [1.54, 1.807) is 11.3 Å². The molecule has 0 aliphatic heterocycles. The molecule has 0 amide bonds. The Morgan fingerprint density at radius 1 is 1.12 bits per heavy atom. The van der Waals surface area contributed by atoms with E-state index in [1.165, 1.54) is 16.1 Å². The Hall–Kier alpha value is -0.840. The van der Waals surface area contributed by atoms with E-state index < -0.39 is 0 Å². The van der Waals surface area contributed by atoms with Crippen molar-refractivity contribution in [2.45, 2.75) is 13.1 Å². The summed E-state index contributed by atoms with van der Waals surface area (Å²) in [7, 11) is 2.11. The third-order valence-corrected chi connectivity index (χ3v) is 4.35. The standard InChI is InChI=1S/C13H15BrN2S/c1-16(13-7-6-12(14)17-13)9-11-4-2-10(8-15)3-5-11/h2-7H,8-9,15H2,1H3. The predicted molar refractivity (Wildman–Crippen MR) is 78.5 cm³/mol. The van der Waals surface area contributed by atoms with Gasteiger partial charge in [0.15, 0.2) is 0 Å². The molecule has 2 rings (SSSR count). The molecule has 2 nitrogen and oxygen atoms in total. The monoisotopic (exact) mass is 310 g/mol. The first kappa shape index (κ1) is 12.6. The highest BCUT2D eigenvalue weighted by molar-refractivity contribution is 9.11. The van der Waals surface area contributed by atoms with Crippen LogP contribution in [0.5, 0.6) is 0 Å². The summed E-state index contributed by atoms with van der Waals surface area (Å²) in [5.74, 6) is 0. The van der Waals surface area contributed by atoms with Crippen molar-refractivity contribution in [2.24, 2.45) is 5.73 Å². The van der Waals surface area contributed by atoms with E-state index >= 15 is 0 Å². The summed E-state index contributed by atoms with van der Waals surface area (Å²) in [6.07, 6.45) is 0. The number of halogens is 1. The van der Waals surface area contributed by atoms with E-state index in [4.69, 9.17) is 5.73 Å². The average molecular weight is 311 g/mol. The van der Waals surface area contributed by atoms with Crippen molar-refractivity contribution in [3.8, 4) is 0 Å². The van der Waals surface area contributed by atoms with Gasteiger partial charge in [-0.2, -0.15) is 0 Å². The molecule has 2 N–H and O–H groups in total. The summed E-state index contributed by atoms with van der Waals surface area (Å²) >= 11 is 5.23. The number of hydrogen-bond acceptors (Lipinski definition) is 3. The van der Waals surface area contributed by atoms with Gasteiger partial charge in [-0.15, -0.1) is 11.3 Å². The number of nitrogens with two attached hydrogens (primary N) is 1. The van der Waals surface area contributed by atoms with E-state index in [2.05, 4.69) is 64.3 Å². The highest BCUT2D eigenvalue weighted by Gasteiger charge is 2.04. The molecule has 1 aromatic carbocycles. The highest BCUT2D eigenvalue weighted by atomic mass is 79.9. The van der Waals surface area contributed by atoms with Gasteiger partial charge in [0.25, 0.3) is 0 Å². The maximum atomic E-state index is 5.58. The molecular weight excluding hydrogens is 296 g/mol. The molecule has 0 saturated heterocycles. The first-order chi connectivity index (χ1) is 8.19. The van der Waals surface area contributed by atoms with Gasteiger partial charge in [0, 0.05) is 20.1 Å². The van der Waals surface area contributed by atoms with Gasteiger partial charge in [-0.3, -0.25) is 0 Å². The van der Waals surface area contributed by atoms with Crippen LogP contribution in [0.25, 0.3) is 0 Å². The van der Waals surface area contributed by atoms with Crippen LogP contribution in [-0.2, 0) is 13.1 Å². The average Bonchev–Trinajstić information content (AvgIpc) is 2.77. The summed E-state index contributed by atoms with van der Waals surface area (Å²) in [4.78, 5) is 2.24. The second kappa shape index (κ2) is 5.67. The zero-order valence-electron chi connectivity index (χ0n) is 9.69. The molecule has 1 heterocycles. The summed E-state index contributed by atoms with van der Waals surface area (Å²) in [6.45, 7) is 1.52. The molecule has 2 aromatic rings. The Labute approximate surface area is 114 Å². The molecule has 0 spiro atoms.